The number of aryl methyl sites for hydroxylation is 1. The number of nitrogens with one attached hydrogen (secondary N) is 1. The number of rotatable bonds is 5. The SMILES string of the molecule is COCC(Nc1ncnc2ccc(C)nc12)c1ccccn1. The van der Waals surface area contributed by atoms with Crippen molar-refractivity contribution in [2.24, 2.45) is 0 Å². The number of nitrogens with zero attached hydrogens (tertiary/aromatic N) is 4. The van der Waals surface area contributed by atoms with Gasteiger partial charge in [-0.05, 0) is 31.2 Å². The lowest BCUT2D eigenvalue weighted by Gasteiger charge is -2.18. The first-order valence-electron chi connectivity index (χ1n) is 7.02. The first-order valence-corrected chi connectivity index (χ1v) is 7.02. The molecule has 0 radical (unpaired) electrons. The van der Waals surface area contributed by atoms with Crippen molar-refractivity contribution in [2.45, 2.75) is 13.0 Å². The maximum Gasteiger partial charge on any atom is 0.156 e. The minimum Gasteiger partial charge on any atom is -0.382 e. The third-order valence-electron chi connectivity index (χ3n) is 3.31. The van der Waals surface area contributed by atoms with Crippen molar-refractivity contribution in [1.82, 2.24) is 19.9 Å². The molecule has 3 rings (SSSR count). The molecule has 0 bridgehead atoms. The predicted octanol–water partition coefficient (Wildman–Crippen LogP) is 2.53. The maximum atomic E-state index is 5.30. The van der Waals surface area contributed by atoms with Crippen molar-refractivity contribution in [2.75, 3.05) is 19.0 Å². The third kappa shape index (κ3) is 3.01. The summed E-state index contributed by atoms with van der Waals surface area (Å²) >= 11 is 0. The number of anilines is 1. The van der Waals surface area contributed by atoms with Crippen molar-refractivity contribution < 1.29 is 4.74 Å². The number of ether oxygens (including phenoxy) is 1. The van der Waals surface area contributed by atoms with E-state index in [1.807, 2.05) is 37.3 Å². The summed E-state index contributed by atoms with van der Waals surface area (Å²) < 4.78 is 5.30. The molecule has 1 unspecified atom stereocenters. The van der Waals surface area contributed by atoms with Gasteiger partial charge in [0, 0.05) is 19.0 Å². The molecule has 6 heteroatoms. The largest absolute Gasteiger partial charge is 0.382 e. The fourth-order valence-electron chi connectivity index (χ4n) is 2.26. The Bertz CT molecular complexity index is 763. The molecule has 3 aromatic rings. The highest BCUT2D eigenvalue weighted by molar-refractivity contribution is 5.84. The monoisotopic (exact) mass is 295 g/mol. The van der Waals surface area contributed by atoms with Crippen LogP contribution in [0.2, 0.25) is 0 Å². The Kier molecular flexibility index (Phi) is 4.20. The molecule has 0 aliphatic heterocycles. The molecule has 0 saturated heterocycles. The minimum absolute atomic E-state index is 0.105. The van der Waals surface area contributed by atoms with Crippen molar-refractivity contribution >= 4 is 16.9 Å². The average molecular weight is 295 g/mol. The molecule has 22 heavy (non-hydrogen) atoms. The highest BCUT2D eigenvalue weighted by Gasteiger charge is 2.15. The van der Waals surface area contributed by atoms with Crippen LogP contribution in [0.5, 0.6) is 0 Å². The van der Waals surface area contributed by atoms with Gasteiger partial charge in [-0.25, -0.2) is 15.0 Å². The number of hydrogen-bond acceptors (Lipinski definition) is 6. The van der Waals surface area contributed by atoms with Gasteiger partial charge in [-0.3, -0.25) is 4.98 Å². The first-order chi connectivity index (χ1) is 10.8. The second-order valence-corrected chi connectivity index (χ2v) is 4.95. The number of methoxy groups -OCH3 is 1. The van der Waals surface area contributed by atoms with E-state index in [1.165, 1.54) is 6.33 Å². The molecule has 3 aromatic heterocycles. The Morgan fingerprint density at radius 2 is 2.05 bits per heavy atom. The van der Waals surface area contributed by atoms with Crippen molar-refractivity contribution in [3.63, 3.8) is 0 Å². The summed E-state index contributed by atoms with van der Waals surface area (Å²) in [6.07, 6.45) is 3.30. The zero-order valence-corrected chi connectivity index (χ0v) is 12.5. The number of pyridine rings is 2. The molecule has 3 heterocycles. The van der Waals surface area contributed by atoms with Gasteiger partial charge in [-0.1, -0.05) is 6.07 Å². The van der Waals surface area contributed by atoms with Crippen molar-refractivity contribution in [3.8, 4) is 0 Å². The van der Waals surface area contributed by atoms with E-state index in [2.05, 4.69) is 25.3 Å². The molecule has 112 valence electrons. The van der Waals surface area contributed by atoms with Gasteiger partial charge in [0.2, 0.25) is 0 Å². The van der Waals surface area contributed by atoms with Crippen molar-refractivity contribution in [1.29, 1.82) is 0 Å². The molecule has 1 atom stereocenters. The number of aromatic nitrogens is 4. The van der Waals surface area contributed by atoms with Gasteiger partial charge in [0.1, 0.15) is 11.8 Å². The zero-order valence-electron chi connectivity index (χ0n) is 12.5. The molecule has 6 nitrogen and oxygen atoms in total. The van der Waals surface area contributed by atoms with Crippen LogP contribution in [0.25, 0.3) is 11.0 Å². The molecular weight excluding hydrogens is 278 g/mol. The molecule has 0 aliphatic rings. The zero-order chi connectivity index (χ0) is 15.4. The maximum absolute atomic E-state index is 5.30. The summed E-state index contributed by atoms with van der Waals surface area (Å²) in [6, 6.07) is 9.57. The van der Waals surface area contributed by atoms with Gasteiger partial charge >= 0.3 is 0 Å². The Hall–Kier alpha value is -2.60. The lowest BCUT2D eigenvalue weighted by atomic mass is 10.2. The first kappa shape index (κ1) is 14.3. The summed E-state index contributed by atoms with van der Waals surface area (Å²) in [5.74, 6) is 0.682. The summed E-state index contributed by atoms with van der Waals surface area (Å²) in [4.78, 5) is 17.5. The van der Waals surface area contributed by atoms with Crippen molar-refractivity contribution in [3.05, 3.63) is 54.2 Å². The van der Waals surface area contributed by atoms with Crippen LogP contribution in [0.4, 0.5) is 5.82 Å². The lowest BCUT2D eigenvalue weighted by Crippen LogP contribution is -2.18. The van der Waals surface area contributed by atoms with Crippen LogP contribution in [0.3, 0.4) is 0 Å². The second-order valence-electron chi connectivity index (χ2n) is 4.95. The number of fused-ring (bicyclic) bond motifs is 1. The smallest absolute Gasteiger partial charge is 0.156 e. The molecule has 0 amide bonds. The third-order valence-corrected chi connectivity index (χ3v) is 3.31. The van der Waals surface area contributed by atoms with E-state index in [0.29, 0.717) is 12.4 Å². The van der Waals surface area contributed by atoms with Gasteiger partial charge < -0.3 is 10.1 Å². The van der Waals surface area contributed by atoms with E-state index in [4.69, 9.17) is 4.74 Å². The highest BCUT2D eigenvalue weighted by atomic mass is 16.5. The van der Waals surface area contributed by atoms with Crippen LogP contribution in [-0.4, -0.2) is 33.7 Å². The molecule has 0 aromatic carbocycles. The van der Waals surface area contributed by atoms with E-state index in [9.17, 15) is 0 Å². The molecule has 1 N–H and O–H groups in total. The van der Waals surface area contributed by atoms with Crippen LogP contribution in [0.1, 0.15) is 17.4 Å². The lowest BCUT2D eigenvalue weighted by molar-refractivity contribution is 0.185. The Balaban J connectivity index is 1.98. The highest BCUT2D eigenvalue weighted by Crippen LogP contribution is 2.22. The second kappa shape index (κ2) is 6.44. The van der Waals surface area contributed by atoms with E-state index in [1.54, 1.807) is 13.3 Å². The standard InChI is InChI=1S/C16H17N5O/c1-11-6-7-13-15(20-11)16(19-10-18-13)21-14(9-22-2)12-5-3-4-8-17-12/h3-8,10,14H,9H2,1-2H3,(H,18,19,21). The van der Waals surface area contributed by atoms with Gasteiger partial charge in [0.25, 0.3) is 0 Å². The molecule has 0 fully saturated rings. The quantitative estimate of drug-likeness (QED) is 0.779. The van der Waals surface area contributed by atoms with E-state index >= 15 is 0 Å². The van der Waals surface area contributed by atoms with Crippen LogP contribution in [0, 0.1) is 6.92 Å². The Morgan fingerprint density at radius 3 is 2.82 bits per heavy atom. The minimum atomic E-state index is -0.105. The van der Waals surface area contributed by atoms with Gasteiger partial charge in [0.15, 0.2) is 5.82 Å². The molecule has 0 aliphatic carbocycles. The summed E-state index contributed by atoms with van der Waals surface area (Å²) in [5, 5.41) is 3.37. The fraction of sp³-hybridized carbons (Fsp3) is 0.250. The topological polar surface area (TPSA) is 72.8 Å². The average Bonchev–Trinajstić information content (AvgIpc) is 2.56. The Labute approximate surface area is 128 Å². The van der Waals surface area contributed by atoms with E-state index in [0.717, 1.165) is 22.4 Å². The molecule has 0 spiro atoms. The van der Waals surface area contributed by atoms with Gasteiger partial charge in [-0.2, -0.15) is 0 Å². The van der Waals surface area contributed by atoms with Gasteiger partial charge in [-0.15, -0.1) is 0 Å². The normalized spacial score (nSPS) is 12.3. The Morgan fingerprint density at radius 1 is 1.14 bits per heavy atom. The molecule has 0 saturated carbocycles. The summed E-state index contributed by atoms with van der Waals surface area (Å²) in [7, 11) is 1.66. The predicted molar refractivity (Wildman–Crippen MR) is 84.5 cm³/mol. The summed E-state index contributed by atoms with van der Waals surface area (Å²) in [5.41, 5.74) is 3.37. The van der Waals surface area contributed by atoms with E-state index in [-0.39, 0.29) is 6.04 Å². The van der Waals surface area contributed by atoms with Crippen LogP contribution in [0.15, 0.2) is 42.9 Å². The fourth-order valence-corrected chi connectivity index (χ4v) is 2.26. The van der Waals surface area contributed by atoms with Crippen LogP contribution >= 0.6 is 0 Å². The number of hydrogen-bond donors (Lipinski definition) is 1. The van der Waals surface area contributed by atoms with Crippen LogP contribution in [-0.2, 0) is 4.74 Å². The van der Waals surface area contributed by atoms with Gasteiger partial charge in [0.05, 0.1) is 23.9 Å². The summed E-state index contributed by atoms with van der Waals surface area (Å²) in [6.45, 7) is 2.43. The van der Waals surface area contributed by atoms with E-state index < -0.39 is 0 Å². The molecular formula is C16H17N5O. The van der Waals surface area contributed by atoms with Crippen LogP contribution < -0.4 is 5.32 Å².